The van der Waals surface area contributed by atoms with Crippen molar-refractivity contribution in [1.29, 1.82) is 0 Å². The fourth-order valence-electron chi connectivity index (χ4n) is 3.84. The summed E-state index contributed by atoms with van der Waals surface area (Å²) in [6.45, 7) is 1.11. The Morgan fingerprint density at radius 1 is 1.40 bits per heavy atom. The first-order valence-electron chi connectivity index (χ1n) is 8.13. The number of carbonyl (C=O) groups is 2. The van der Waals surface area contributed by atoms with Gasteiger partial charge in [0.05, 0.1) is 18.6 Å². The Balaban J connectivity index is 1.73. The summed E-state index contributed by atoms with van der Waals surface area (Å²) in [5.41, 5.74) is -0.604. The van der Waals surface area contributed by atoms with Crippen LogP contribution in [0.5, 0.6) is 5.75 Å². The molecule has 0 bridgehead atoms. The van der Waals surface area contributed by atoms with Crippen LogP contribution in [0.2, 0.25) is 0 Å². The number of methoxy groups -OCH3 is 1. The highest BCUT2D eigenvalue weighted by molar-refractivity contribution is 5.88. The number of nitrogens with one attached hydrogen (secondary N) is 1. The minimum absolute atomic E-state index is 0.0122. The predicted octanol–water partition coefficient (Wildman–Crippen LogP) is 1.53. The molecule has 136 valence electrons. The van der Waals surface area contributed by atoms with E-state index in [1.165, 1.54) is 13.2 Å². The third kappa shape index (κ3) is 3.18. The van der Waals surface area contributed by atoms with E-state index in [-0.39, 0.29) is 30.2 Å². The Bertz CT molecular complexity index is 702. The molecule has 0 radical (unpaired) electrons. The van der Waals surface area contributed by atoms with Crippen LogP contribution in [0.4, 0.5) is 8.78 Å². The van der Waals surface area contributed by atoms with Gasteiger partial charge in [-0.2, -0.15) is 0 Å². The second kappa shape index (κ2) is 6.59. The Morgan fingerprint density at radius 3 is 2.68 bits per heavy atom. The van der Waals surface area contributed by atoms with Gasteiger partial charge in [-0.1, -0.05) is 0 Å². The van der Waals surface area contributed by atoms with Crippen LogP contribution in [0.25, 0.3) is 0 Å². The highest BCUT2D eigenvalue weighted by Gasteiger charge is 2.51. The van der Waals surface area contributed by atoms with Crippen LogP contribution in [0, 0.1) is 17.6 Å². The lowest BCUT2D eigenvalue weighted by Gasteiger charge is -2.41. The number of ether oxygens (including phenoxy) is 1. The summed E-state index contributed by atoms with van der Waals surface area (Å²) >= 11 is 0. The molecule has 2 saturated heterocycles. The predicted molar refractivity (Wildman–Crippen MR) is 84.0 cm³/mol. The smallest absolute Gasteiger partial charge is 0.309 e. The second-order valence-electron chi connectivity index (χ2n) is 6.62. The van der Waals surface area contributed by atoms with Crippen molar-refractivity contribution < 1.29 is 28.2 Å². The first-order valence-corrected chi connectivity index (χ1v) is 8.13. The Labute approximate surface area is 143 Å². The molecular formula is C17H20F2N2O4. The van der Waals surface area contributed by atoms with Gasteiger partial charge in [0.15, 0.2) is 11.6 Å². The second-order valence-corrected chi connectivity index (χ2v) is 6.62. The Hall–Kier alpha value is -2.22. The lowest BCUT2D eigenvalue weighted by molar-refractivity contribution is -0.144. The number of aliphatic carboxylic acids is 1. The van der Waals surface area contributed by atoms with Gasteiger partial charge in [-0.05, 0) is 25.0 Å². The van der Waals surface area contributed by atoms with E-state index >= 15 is 0 Å². The number of amides is 1. The van der Waals surface area contributed by atoms with Crippen molar-refractivity contribution in [2.75, 3.05) is 20.2 Å². The molecule has 0 aromatic heterocycles. The molecule has 1 spiro atoms. The minimum Gasteiger partial charge on any atom is -0.496 e. The third-order valence-corrected chi connectivity index (χ3v) is 5.25. The zero-order valence-electron chi connectivity index (χ0n) is 13.8. The van der Waals surface area contributed by atoms with E-state index < -0.39 is 29.1 Å². The zero-order valence-corrected chi connectivity index (χ0v) is 13.8. The lowest BCUT2D eigenvalue weighted by Crippen LogP contribution is -2.55. The van der Waals surface area contributed by atoms with Crippen molar-refractivity contribution in [3.63, 3.8) is 0 Å². The summed E-state index contributed by atoms with van der Waals surface area (Å²) in [7, 11) is 1.40. The summed E-state index contributed by atoms with van der Waals surface area (Å²) in [6, 6.07) is 2.41. The van der Waals surface area contributed by atoms with E-state index in [4.69, 9.17) is 4.74 Å². The van der Waals surface area contributed by atoms with Crippen LogP contribution in [-0.2, 0) is 16.1 Å². The third-order valence-electron chi connectivity index (χ3n) is 5.25. The number of halogens is 2. The van der Waals surface area contributed by atoms with Gasteiger partial charge in [0, 0.05) is 31.6 Å². The lowest BCUT2D eigenvalue weighted by atomic mass is 9.77. The average Bonchev–Trinajstić information content (AvgIpc) is 2.90. The highest BCUT2D eigenvalue weighted by Crippen LogP contribution is 2.37. The van der Waals surface area contributed by atoms with E-state index in [0.717, 1.165) is 6.07 Å². The first-order chi connectivity index (χ1) is 11.9. The number of likely N-dealkylation sites (tertiary alicyclic amines) is 1. The van der Waals surface area contributed by atoms with Crippen molar-refractivity contribution in [1.82, 2.24) is 10.2 Å². The number of carbonyl (C=O) groups excluding carboxylic acids is 1. The van der Waals surface area contributed by atoms with Crippen molar-refractivity contribution >= 4 is 11.9 Å². The van der Waals surface area contributed by atoms with E-state index in [1.54, 1.807) is 0 Å². The molecule has 0 aliphatic carbocycles. The van der Waals surface area contributed by atoms with Gasteiger partial charge in [-0.3, -0.25) is 14.5 Å². The van der Waals surface area contributed by atoms with Crippen molar-refractivity contribution in [3.8, 4) is 5.75 Å². The van der Waals surface area contributed by atoms with Crippen LogP contribution in [-0.4, -0.2) is 47.6 Å². The number of rotatable bonds is 4. The van der Waals surface area contributed by atoms with E-state index in [2.05, 4.69) is 5.32 Å². The fraction of sp³-hybridized carbons (Fsp3) is 0.529. The van der Waals surface area contributed by atoms with Crippen LogP contribution in [0.15, 0.2) is 12.1 Å². The first kappa shape index (κ1) is 17.6. The molecule has 0 saturated carbocycles. The molecule has 6 nitrogen and oxygen atoms in total. The van der Waals surface area contributed by atoms with Crippen LogP contribution in [0.1, 0.15) is 24.8 Å². The quantitative estimate of drug-likeness (QED) is 0.857. The van der Waals surface area contributed by atoms with Crippen molar-refractivity contribution in [2.24, 2.45) is 5.92 Å². The highest BCUT2D eigenvalue weighted by atomic mass is 19.2. The minimum atomic E-state index is -0.982. The standard InChI is InChI=1S/C17H20F2N2O4/c1-25-13-3-2-12(18)15(19)10(13)9-21-6-4-17(5-7-21)11(16(23)24)8-14(22)20-17/h2-3,11H,4-9H2,1H3,(H,20,22)(H,23,24). The van der Waals surface area contributed by atoms with Crippen LogP contribution < -0.4 is 10.1 Å². The maximum absolute atomic E-state index is 14.1. The molecule has 1 aromatic rings. The molecule has 2 aliphatic rings. The van der Waals surface area contributed by atoms with E-state index in [1.807, 2.05) is 4.90 Å². The Kier molecular flexibility index (Phi) is 4.64. The number of benzene rings is 1. The summed E-state index contributed by atoms with van der Waals surface area (Å²) in [6.07, 6.45) is 0.894. The topological polar surface area (TPSA) is 78.9 Å². The normalized spacial score (nSPS) is 22.8. The molecule has 1 atom stereocenters. The molecule has 3 rings (SSSR count). The largest absolute Gasteiger partial charge is 0.496 e. The number of carboxylic acid groups (broad SMARTS) is 1. The molecule has 1 amide bonds. The average molecular weight is 354 g/mol. The maximum atomic E-state index is 14.1. The van der Waals surface area contributed by atoms with Gasteiger partial charge >= 0.3 is 5.97 Å². The Morgan fingerprint density at radius 2 is 2.08 bits per heavy atom. The molecule has 2 fully saturated rings. The summed E-state index contributed by atoms with van der Waals surface area (Å²) in [4.78, 5) is 25.0. The van der Waals surface area contributed by atoms with E-state index in [9.17, 15) is 23.5 Å². The van der Waals surface area contributed by atoms with E-state index in [0.29, 0.717) is 25.9 Å². The van der Waals surface area contributed by atoms with Gasteiger partial charge in [0.25, 0.3) is 0 Å². The molecule has 8 heteroatoms. The molecule has 2 aliphatic heterocycles. The zero-order chi connectivity index (χ0) is 18.2. The maximum Gasteiger partial charge on any atom is 0.309 e. The van der Waals surface area contributed by atoms with Crippen molar-refractivity contribution in [3.05, 3.63) is 29.3 Å². The van der Waals surface area contributed by atoms with Crippen molar-refractivity contribution in [2.45, 2.75) is 31.3 Å². The fourth-order valence-corrected chi connectivity index (χ4v) is 3.84. The molecule has 2 heterocycles. The SMILES string of the molecule is COc1ccc(F)c(F)c1CN1CCC2(CC1)NC(=O)CC2C(=O)O. The van der Waals surface area contributed by atoms with Gasteiger partial charge in [0.2, 0.25) is 5.91 Å². The van der Waals surface area contributed by atoms with Gasteiger partial charge < -0.3 is 15.2 Å². The molecule has 25 heavy (non-hydrogen) atoms. The molecule has 2 N–H and O–H groups in total. The van der Waals surface area contributed by atoms with Gasteiger partial charge in [-0.25, -0.2) is 8.78 Å². The van der Waals surface area contributed by atoms with Crippen LogP contribution in [0.3, 0.4) is 0 Å². The van der Waals surface area contributed by atoms with Gasteiger partial charge in [0.1, 0.15) is 5.75 Å². The monoisotopic (exact) mass is 354 g/mol. The summed E-state index contributed by atoms with van der Waals surface area (Å²) < 4.78 is 32.7. The van der Waals surface area contributed by atoms with Gasteiger partial charge in [-0.15, -0.1) is 0 Å². The molecular weight excluding hydrogens is 334 g/mol. The number of piperidine rings is 1. The number of hydrogen-bond acceptors (Lipinski definition) is 4. The number of hydrogen-bond donors (Lipinski definition) is 2. The number of carboxylic acids is 1. The summed E-state index contributed by atoms with van der Waals surface area (Å²) in [5, 5.41) is 12.2. The number of nitrogens with zero attached hydrogens (tertiary/aromatic N) is 1. The molecule has 1 unspecified atom stereocenters. The summed E-state index contributed by atoms with van der Waals surface area (Å²) in [5.74, 6) is -3.57. The van der Waals surface area contributed by atoms with Crippen LogP contribution >= 0.6 is 0 Å². The molecule has 1 aromatic carbocycles.